The minimum absolute atomic E-state index is 0.0185. The van der Waals surface area contributed by atoms with Gasteiger partial charge in [-0.15, -0.1) is 0 Å². The van der Waals surface area contributed by atoms with Gasteiger partial charge in [0.25, 0.3) is 11.2 Å². The van der Waals surface area contributed by atoms with E-state index in [1.54, 1.807) is 31.6 Å². The van der Waals surface area contributed by atoms with Crippen LogP contribution in [0.5, 0.6) is 0 Å². The number of anilines is 1. The Morgan fingerprint density at radius 1 is 1.24 bits per heavy atom. The SMILES string of the molecule is Cn1c(=O)cc(NC2(c3ncccn3)CC2)c2cc([N+](=O)[O-])ccc21. The van der Waals surface area contributed by atoms with Gasteiger partial charge in [-0.25, -0.2) is 9.97 Å². The van der Waals surface area contributed by atoms with Crippen LogP contribution in [0.15, 0.2) is 47.5 Å². The number of fused-ring (bicyclic) bond motifs is 1. The van der Waals surface area contributed by atoms with Crippen LogP contribution in [0.1, 0.15) is 18.7 Å². The zero-order valence-corrected chi connectivity index (χ0v) is 13.5. The van der Waals surface area contributed by atoms with Crippen molar-refractivity contribution in [1.29, 1.82) is 0 Å². The second-order valence-corrected chi connectivity index (χ2v) is 6.19. The minimum atomic E-state index is -0.443. The molecular weight excluding hydrogens is 322 g/mol. The second-order valence-electron chi connectivity index (χ2n) is 6.19. The molecule has 8 heteroatoms. The lowest BCUT2D eigenvalue weighted by atomic mass is 10.1. The molecule has 126 valence electrons. The van der Waals surface area contributed by atoms with Crippen LogP contribution in [0.3, 0.4) is 0 Å². The smallest absolute Gasteiger partial charge is 0.270 e. The first-order chi connectivity index (χ1) is 12.0. The number of aromatic nitrogens is 3. The molecule has 0 saturated heterocycles. The molecule has 0 amide bonds. The molecule has 2 aromatic heterocycles. The molecule has 0 radical (unpaired) electrons. The Balaban J connectivity index is 1.87. The molecule has 2 heterocycles. The van der Waals surface area contributed by atoms with Crippen LogP contribution in [-0.4, -0.2) is 19.5 Å². The number of non-ortho nitro benzene ring substituents is 1. The highest BCUT2D eigenvalue weighted by molar-refractivity contribution is 5.93. The average Bonchev–Trinajstić information content (AvgIpc) is 3.40. The number of nitro groups is 1. The molecule has 0 unspecified atom stereocenters. The largest absolute Gasteiger partial charge is 0.372 e. The predicted molar refractivity (Wildman–Crippen MR) is 92.4 cm³/mol. The molecular formula is C17H15N5O3. The predicted octanol–water partition coefficient (Wildman–Crippen LogP) is 2.34. The Morgan fingerprint density at radius 3 is 2.60 bits per heavy atom. The van der Waals surface area contributed by atoms with E-state index < -0.39 is 10.5 Å². The molecule has 0 aliphatic heterocycles. The number of hydrogen-bond acceptors (Lipinski definition) is 6. The number of pyridine rings is 1. The van der Waals surface area contributed by atoms with Gasteiger partial charge in [0.15, 0.2) is 5.82 Å². The quantitative estimate of drug-likeness (QED) is 0.579. The van der Waals surface area contributed by atoms with E-state index in [0.717, 1.165) is 12.8 Å². The Hall–Kier alpha value is -3.29. The van der Waals surface area contributed by atoms with Crippen molar-refractivity contribution in [2.75, 3.05) is 5.32 Å². The summed E-state index contributed by atoms with van der Waals surface area (Å²) in [6, 6.07) is 7.70. The van der Waals surface area contributed by atoms with E-state index in [2.05, 4.69) is 15.3 Å². The van der Waals surface area contributed by atoms with Gasteiger partial charge in [-0.3, -0.25) is 14.9 Å². The van der Waals surface area contributed by atoms with Crippen molar-refractivity contribution in [3.8, 4) is 0 Å². The van der Waals surface area contributed by atoms with Gasteiger partial charge in [-0.2, -0.15) is 0 Å². The number of nitrogens with zero attached hydrogens (tertiary/aromatic N) is 4. The molecule has 25 heavy (non-hydrogen) atoms. The van der Waals surface area contributed by atoms with E-state index >= 15 is 0 Å². The summed E-state index contributed by atoms with van der Waals surface area (Å²) in [7, 11) is 1.65. The van der Waals surface area contributed by atoms with Crippen molar-refractivity contribution in [3.63, 3.8) is 0 Å². The molecule has 1 aromatic carbocycles. The van der Waals surface area contributed by atoms with Crippen LogP contribution in [0.25, 0.3) is 10.9 Å². The lowest BCUT2D eigenvalue weighted by Crippen LogP contribution is -2.24. The molecule has 0 spiro atoms. The molecule has 1 fully saturated rings. The molecule has 3 aromatic rings. The van der Waals surface area contributed by atoms with Gasteiger partial charge in [-0.1, -0.05) is 0 Å². The fourth-order valence-electron chi connectivity index (χ4n) is 3.00. The Bertz CT molecular complexity index is 1040. The average molecular weight is 337 g/mol. The summed E-state index contributed by atoms with van der Waals surface area (Å²) in [4.78, 5) is 31.6. The minimum Gasteiger partial charge on any atom is -0.372 e. The van der Waals surface area contributed by atoms with E-state index in [9.17, 15) is 14.9 Å². The highest BCUT2D eigenvalue weighted by Crippen LogP contribution is 2.47. The highest BCUT2D eigenvalue weighted by Gasteiger charge is 2.47. The summed E-state index contributed by atoms with van der Waals surface area (Å²) in [5, 5.41) is 15.1. The molecule has 0 bridgehead atoms. The maximum Gasteiger partial charge on any atom is 0.270 e. The van der Waals surface area contributed by atoms with E-state index in [0.29, 0.717) is 22.4 Å². The maximum atomic E-state index is 12.3. The number of nitrogens with one attached hydrogen (secondary N) is 1. The number of hydrogen-bond donors (Lipinski definition) is 1. The van der Waals surface area contributed by atoms with Crippen LogP contribution >= 0.6 is 0 Å². The standard InChI is InChI=1S/C17H15N5O3/c1-21-14-4-3-11(22(24)25)9-12(14)13(10-15(21)23)20-17(5-6-17)16-18-7-2-8-19-16/h2-4,7-10,20H,5-6H2,1H3. The van der Waals surface area contributed by atoms with Crippen molar-refractivity contribution < 1.29 is 4.92 Å². The first-order valence-corrected chi connectivity index (χ1v) is 7.84. The Kier molecular flexibility index (Phi) is 3.28. The molecule has 0 atom stereocenters. The Labute approximate surface area is 142 Å². The van der Waals surface area contributed by atoms with E-state index in [1.165, 1.54) is 22.8 Å². The highest BCUT2D eigenvalue weighted by atomic mass is 16.6. The topological polar surface area (TPSA) is 103 Å². The number of benzene rings is 1. The summed E-state index contributed by atoms with van der Waals surface area (Å²) >= 11 is 0. The van der Waals surface area contributed by atoms with E-state index in [-0.39, 0.29) is 11.2 Å². The van der Waals surface area contributed by atoms with Gasteiger partial charge in [-0.05, 0) is 25.0 Å². The van der Waals surface area contributed by atoms with Gasteiger partial charge in [0.1, 0.15) is 0 Å². The third-order valence-electron chi connectivity index (χ3n) is 4.56. The first-order valence-electron chi connectivity index (χ1n) is 7.84. The van der Waals surface area contributed by atoms with Crippen molar-refractivity contribution in [2.45, 2.75) is 18.4 Å². The van der Waals surface area contributed by atoms with Crippen LogP contribution in [0.4, 0.5) is 11.4 Å². The normalized spacial score (nSPS) is 15.1. The maximum absolute atomic E-state index is 12.3. The van der Waals surface area contributed by atoms with Crippen LogP contribution in [0, 0.1) is 10.1 Å². The van der Waals surface area contributed by atoms with E-state index in [4.69, 9.17) is 0 Å². The van der Waals surface area contributed by atoms with Crippen LogP contribution in [0.2, 0.25) is 0 Å². The first kappa shape index (κ1) is 15.3. The molecule has 4 rings (SSSR count). The van der Waals surface area contributed by atoms with Gasteiger partial charge in [0.2, 0.25) is 0 Å². The fraction of sp³-hybridized carbons (Fsp3) is 0.235. The third kappa shape index (κ3) is 2.51. The lowest BCUT2D eigenvalue weighted by Gasteiger charge is -2.19. The zero-order chi connectivity index (χ0) is 17.6. The van der Waals surface area contributed by atoms with Crippen molar-refractivity contribution in [3.05, 3.63) is 69.0 Å². The Morgan fingerprint density at radius 2 is 1.96 bits per heavy atom. The lowest BCUT2D eigenvalue weighted by molar-refractivity contribution is -0.384. The molecule has 1 saturated carbocycles. The number of nitro benzene ring substituents is 1. The third-order valence-corrected chi connectivity index (χ3v) is 4.56. The zero-order valence-electron chi connectivity index (χ0n) is 13.5. The van der Waals surface area contributed by atoms with Gasteiger partial charge < -0.3 is 9.88 Å². The van der Waals surface area contributed by atoms with Gasteiger partial charge in [0, 0.05) is 43.0 Å². The monoisotopic (exact) mass is 337 g/mol. The summed E-state index contributed by atoms with van der Waals surface area (Å²) in [5.41, 5.74) is 0.561. The van der Waals surface area contributed by atoms with Gasteiger partial charge >= 0.3 is 0 Å². The summed E-state index contributed by atoms with van der Waals surface area (Å²) < 4.78 is 1.48. The summed E-state index contributed by atoms with van der Waals surface area (Å²) in [6.07, 6.45) is 5.03. The molecule has 1 N–H and O–H groups in total. The molecule has 8 nitrogen and oxygen atoms in total. The fourth-order valence-corrected chi connectivity index (χ4v) is 3.00. The van der Waals surface area contributed by atoms with Crippen molar-refractivity contribution >= 4 is 22.3 Å². The number of aryl methyl sites for hydroxylation is 1. The summed E-state index contributed by atoms with van der Waals surface area (Å²) in [5.74, 6) is 0.661. The van der Waals surface area contributed by atoms with Crippen molar-refractivity contribution in [1.82, 2.24) is 14.5 Å². The van der Waals surface area contributed by atoms with E-state index in [1.807, 2.05) is 0 Å². The van der Waals surface area contributed by atoms with Crippen LogP contribution < -0.4 is 10.9 Å². The summed E-state index contributed by atoms with van der Waals surface area (Å²) in [6.45, 7) is 0. The molecule has 1 aliphatic carbocycles. The number of rotatable bonds is 4. The van der Waals surface area contributed by atoms with Crippen molar-refractivity contribution in [2.24, 2.45) is 7.05 Å². The second kappa shape index (κ2) is 5.37. The molecule has 1 aliphatic rings. The van der Waals surface area contributed by atoms with Gasteiger partial charge in [0.05, 0.1) is 21.7 Å². The van der Waals surface area contributed by atoms with Crippen LogP contribution in [-0.2, 0) is 12.6 Å².